The molecule has 4 nitrogen and oxygen atoms in total. The van der Waals surface area contributed by atoms with Gasteiger partial charge < -0.3 is 0 Å². The van der Waals surface area contributed by atoms with E-state index in [1.54, 1.807) is 24.7 Å². The lowest BCUT2D eigenvalue weighted by Gasteiger charge is -2.05. The molecule has 0 aliphatic heterocycles. The van der Waals surface area contributed by atoms with Gasteiger partial charge in [-0.3, -0.25) is 14.6 Å². The Morgan fingerprint density at radius 3 is 2.56 bits per heavy atom. The highest BCUT2D eigenvalue weighted by atomic mass is 19.1. The minimum atomic E-state index is -0.331. The number of hydrogen-bond donors (Lipinski definition) is 0. The van der Waals surface area contributed by atoms with Crippen LogP contribution >= 0.6 is 0 Å². The van der Waals surface area contributed by atoms with E-state index >= 15 is 0 Å². The maximum atomic E-state index is 14.0. The van der Waals surface area contributed by atoms with E-state index in [4.69, 9.17) is 0 Å². The third-order valence-corrected chi connectivity index (χ3v) is 3.92. The predicted molar refractivity (Wildman–Crippen MR) is 94.2 cm³/mol. The van der Waals surface area contributed by atoms with Crippen LogP contribution in [0.5, 0.6) is 0 Å². The normalized spacial score (nSPS) is 10.8. The van der Waals surface area contributed by atoms with Gasteiger partial charge in [-0.1, -0.05) is 18.2 Å². The Hall–Kier alpha value is -3.34. The van der Waals surface area contributed by atoms with Crippen molar-refractivity contribution in [2.45, 2.75) is 6.54 Å². The molecule has 0 aliphatic rings. The molecule has 0 saturated heterocycles. The fourth-order valence-corrected chi connectivity index (χ4v) is 2.70. The molecule has 25 heavy (non-hydrogen) atoms. The summed E-state index contributed by atoms with van der Waals surface area (Å²) < 4.78 is 15.8. The summed E-state index contributed by atoms with van der Waals surface area (Å²) in [7, 11) is 0. The number of halogens is 1. The second-order valence-electron chi connectivity index (χ2n) is 5.67. The van der Waals surface area contributed by atoms with E-state index in [0.717, 1.165) is 22.4 Å². The van der Waals surface area contributed by atoms with Crippen molar-refractivity contribution in [2.75, 3.05) is 0 Å². The first kappa shape index (κ1) is 15.2. The third kappa shape index (κ3) is 3.30. The molecule has 0 fully saturated rings. The van der Waals surface area contributed by atoms with Crippen molar-refractivity contribution in [3.05, 3.63) is 90.8 Å². The number of nitrogens with zero attached hydrogens (tertiary/aromatic N) is 4. The molecule has 3 heterocycles. The quantitative estimate of drug-likeness (QED) is 0.563. The molecule has 4 rings (SSSR count). The van der Waals surface area contributed by atoms with E-state index in [9.17, 15) is 4.39 Å². The first-order chi connectivity index (χ1) is 12.3. The number of pyridine rings is 2. The Morgan fingerprint density at radius 1 is 0.880 bits per heavy atom. The van der Waals surface area contributed by atoms with Crippen molar-refractivity contribution in [2.24, 2.45) is 0 Å². The van der Waals surface area contributed by atoms with Gasteiger partial charge >= 0.3 is 0 Å². The Morgan fingerprint density at radius 2 is 1.72 bits per heavy atom. The van der Waals surface area contributed by atoms with Gasteiger partial charge in [0.05, 0.1) is 12.2 Å². The summed E-state index contributed by atoms with van der Waals surface area (Å²) in [5.74, 6) is -0.331. The molecular weight excluding hydrogens is 315 g/mol. The molecule has 0 amide bonds. The Balaban J connectivity index is 1.63. The molecule has 5 heteroatoms. The van der Waals surface area contributed by atoms with Gasteiger partial charge in [0.25, 0.3) is 0 Å². The Labute approximate surface area is 144 Å². The number of benzene rings is 1. The van der Waals surface area contributed by atoms with Crippen LogP contribution in [-0.2, 0) is 6.54 Å². The van der Waals surface area contributed by atoms with Crippen molar-refractivity contribution >= 4 is 0 Å². The van der Waals surface area contributed by atoms with E-state index in [-0.39, 0.29) is 5.82 Å². The SMILES string of the molecule is Fc1cccnc1-c1cccc(-c2ccn(Cc3ccncc3)n2)c1. The smallest absolute Gasteiger partial charge is 0.149 e. The van der Waals surface area contributed by atoms with E-state index in [2.05, 4.69) is 15.1 Å². The average molecular weight is 330 g/mol. The van der Waals surface area contributed by atoms with Crippen LogP contribution in [0, 0.1) is 5.82 Å². The van der Waals surface area contributed by atoms with Crippen LogP contribution in [0.1, 0.15) is 5.56 Å². The number of aromatic nitrogens is 4. The van der Waals surface area contributed by atoms with Crippen LogP contribution in [0.2, 0.25) is 0 Å². The highest BCUT2D eigenvalue weighted by molar-refractivity contribution is 5.69. The maximum absolute atomic E-state index is 14.0. The molecule has 4 aromatic rings. The summed E-state index contributed by atoms with van der Waals surface area (Å²) in [6.07, 6.45) is 7.06. The van der Waals surface area contributed by atoms with Crippen molar-refractivity contribution < 1.29 is 4.39 Å². The molecular formula is C20H15FN4. The lowest BCUT2D eigenvalue weighted by atomic mass is 10.1. The zero-order valence-corrected chi connectivity index (χ0v) is 13.4. The summed E-state index contributed by atoms with van der Waals surface area (Å²) in [6.45, 7) is 0.678. The molecule has 0 spiro atoms. The monoisotopic (exact) mass is 330 g/mol. The first-order valence-electron chi connectivity index (χ1n) is 7.93. The van der Waals surface area contributed by atoms with Crippen LogP contribution in [0.25, 0.3) is 22.5 Å². The number of rotatable bonds is 4. The van der Waals surface area contributed by atoms with Gasteiger partial charge in [-0.05, 0) is 42.0 Å². The van der Waals surface area contributed by atoms with Crippen LogP contribution in [-0.4, -0.2) is 19.7 Å². The maximum Gasteiger partial charge on any atom is 0.149 e. The van der Waals surface area contributed by atoms with E-state index in [1.165, 1.54) is 6.07 Å². The molecule has 0 aliphatic carbocycles. The first-order valence-corrected chi connectivity index (χ1v) is 7.93. The van der Waals surface area contributed by atoms with Crippen molar-refractivity contribution in [1.29, 1.82) is 0 Å². The van der Waals surface area contributed by atoms with E-state index in [0.29, 0.717) is 12.2 Å². The summed E-state index contributed by atoms with van der Waals surface area (Å²) >= 11 is 0. The standard InChI is InChI=1S/C20H15FN4/c21-18-5-2-9-23-20(18)17-4-1-3-16(13-17)19-8-12-25(24-19)14-15-6-10-22-11-7-15/h1-13H,14H2. The summed E-state index contributed by atoms with van der Waals surface area (Å²) in [4.78, 5) is 8.16. The van der Waals surface area contributed by atoms with Crippen LogP contribution in [0.4, 0.5) is 4.39 Å². The van der Waals surface area contributed by atoms with Gasteiger partial charge in [-0.15, -0.1) is 0 Å². The number of hydrogen-bond acceptors (Lipinski definition) is 3. The Kier molecular flexibility index (Phi) is 4.04. The summed E-state index contributed by atoms with van der Waals surface area (Å²) in [6, 6.07) is 16.5. The fourth-order valence-electron chi connectivity index (χ4n) is 2.70. The topological polar surface area (TPSA) is 43.6 Å². The lowest BCUT2D eigenvalue weighted by Crippen LogP contribution is -2.00. The van der Waals surface area contributed by atoms with Gasteiger partial charge in [-0.25, -0.2) is 4.39 Å². The van der Waals surface area contributed by atoms with Gasteiger partial charge in [0.1, 0.15) is 11.5 Å². The molecule has 0 atom stereocenters. The largest absolute Gasteiger partial charge is 0.268 e. The molecule has 0 bridgehead atoms. The molecule has 0 saturated carbocycles. The van der Waals surface area contributed by atoms with Crippen molar-refractivity contribution in [3.8, 4) is 22.5 Å². The lowest BCUT2D eigenvalue weighted by molar-refractivity contribution is 0.626. The minimum absolute atomic E-state index is 0.331. The van der Waals surface area contributed by atoms with Crippen LogP contribution in [0.15, 0.2) is 79.4 Å². The van der Waals surface area contributed by atoms with Gasteiger partial charge in [0.15, 0.2) is 0 Å². The van der Waals surface area contributed by atoms with Crippen molar-refractivity contribution in [3.63, 3.8) is 0 Å². The fraction of sp³-hybridized carbons (Fsp3) is 0.0500. The average Bonchev–Trinajstić information content (AvgIpc) is 3.12. The zero-order valence-electron chi connectivity index (χ0n) is 13.4. The molecule has 122 valence electrons. The van der Waals surface area contributed by atoms with Crippen LogP contribution < -0.4 is 0 Å². The molecule has 0 N–H and O–H groups in total. The van der Waals surface area contributed by atoms with Gasteiger partial charge in [0.2, 0.25) is 0 Å². The van der Waals surface area contributed by atoms with E-state index < -0.39 is 0 Å². The Bertz CT molecular complexity index is 995. The minimum Gasteiger partial charge on any atom is -0.268 e. The molecule has 1 aromatic carbocycles. The van der Waals surface area contributed by atoms with E-state index in [1.807, 2.05) is 53.3 Å². The summed E-state index contributed by atoms with van der Waals surface area (Å²) in [5.41, 5.74) is 3.98. The molecule has 0 radical (unpaired) electrons. The third-order valence-electron chi connectivity index (χ3n) is 3.92. The van der Waals surface area contributed by atoms with Crippen LogP contribution in [0.3, 0.4) is 0 Å². The zero-order chi connectivity index (χ0) is 17.1. The highest BCUT2D eigenvalue weighted by Gasteiger charge is 2.09. The molecule has 0 unspecified atom stereocenters. The van der Waals surface area contributed by atoms with Gasteiger partial charge in [-0.2, -0.15) is 5.10 Å². The van der Waals surface area contributed by atoms with Crippen molar-refractivity contribution in [1.82, 2.24) is 19.7 Å². The summed E-state index contributed by atoms with van der Waals surface area (Å²) in [5, 5.41) is 4.62. The predicted octanol–water partition coefficient (Wildman–Crippen LogP) is 4.19. The highest BCUT2D eigenvalue weighted by Crippen LogP contribution is 2.25. The second-order valence-corrected chi connectivity index (χ2v) is 5.67. The molecule has 3 aromatic heterocycles. The second kappa shape index (κ2) is 6.65. The van der Waals surface area contributed by atoms with Gasteiger partial charge in [0, 0.05) is 35.9 Å².